The second kappa shape index (κ2) is 7.35. The minimum atomic E-state index is -0.917. The topological polar surface area (TPSA) is 69.6 Å². The number of carbonyl (C=O) groups excluding carboxylic acids is 2. The molecule has 1 rings (SSSR count). The number of amides is 2. The molecule has 0 fully saturated rings. The summed E-state index contributed by atoms with van der Waals surface area (Å²) < 4.78 is 14.1. The first kappa shape index (κ1) is 16.6. The third-order valence-electron chi connectivity index (χ3n) is 2.60. The van der Waals surface area contributed by atoms with E-state index in [4.69, 9.17) is 5.11 Å². The molecule has 0 aliphatic rings. The van der Waals surface area contributed by atoms with Gasteiger partial charge in [0.05, 0.1) is 11.8 Å². The molecule has 1 aromatic rings. The number of rotatable bonds is 4. The smallest absolute Gasteiger partial charge is 0.313 e. The molecule has 0 bridgehead atoms. The summed E-state index contributed by atoms with van der Waals surface area (Å²) in [5.41, 5.74) is -0.0597. The highest BCUT2D eigenvalue weighted by atomic mass is 79.9. The van der Waals surface area contributed by atoms with Crippen LogP contribution in [0.15, 0.2) is 22.7 Å². The van der Waals surface area contributed by atoms with Crippen LogP contribution in [0.4, 0.5) is 10.1 Å². The van der Waals surface area contributed by atoms with Crippen LogP contribution in [-0.4, -0.2) is 41.5 Å². The molecule has 0 aliphatic carbocycles. The number of nitrogens with zero attached hydrogens (tertiary/aromatic N) is 1. The highest BCUT2D eigenvalue weighted by Gasteiger charge is 2.20. The lowest BCUT2D eigenvalue weighted by Crippen LogP contribution is -2.38. The van der Waals surface area contributed by atoms with Crippen molar-refractivity contribution in [2.75, 3.05) is 18.9 Å². The minimum Gasteiger partial charge on any atom is -0.393 e. The Morgan fingerprint density at radius 2 is 2.15 bits per heavy atom. The van der Waals surface area contributed by atoms with Gasteiger partial charge in [-0.1, -0.05) is 15.9 Å². The van der Waals surface area contributed by atoms with Crippen molar-refractivity contribution >= 4 is 33.4 Å². The lowest BCUT2D eigenvalue weighted by Gasteiger charge is -2.17. The van der Waals surface area contributed by atoms with E-state index >= 15 is 0 Å². The van der Waals surface area contributed by atoms with Crippen molar-refractivity contribution in [2.24, 2.45) is 0 Å². The highest BCUT2D eigenvalue weighted by molar-refractivity contribution is 9.10. The van der Waals surface area contributed by atoms with Crippen molar-refractivity contribution in [3.05, 3.63) is 28.5 Å². The lowest BCUT2D eigenvalue weighted by molar-refractivity contribution is -0.142. The van der Waals surface area contributed by atoms with Crippen LogP contribution in [0.2, 0.25) is 0 Å². The first-order chi connectivity index (χ1) is 9.31. The number of aliphatic hydroxyl groups is 1. The Morgan fingerprint density at radius 3 is 2.70 bits per heavy atom. The van der Waals surface area contributed by atoms with Gasteiger partial charge in [0.2, 0.25) is 0 Å². The molecule has 20 heavy (non-hydrogen) atoms. The molecule has 0 saturated carbocycles. The van der Waals surface area contributed by atoms with Crippen LogP contribution in [0.25, 0.3) is 0 Å². The van der Waals surface area contributed by atoms with E-state index in [1.165, 1.54) is 24.1 Å². The largest absolute Gasteiger partial charge is 0.393 e. The zero-order valence-electron chi connectivity index (χ0n) is 11.2. The van der Waals surface area contributed by atoms with Gasteiger partial charge in [0.25, 0.3) is 0 Å². The molecule has 1 aromatic carbocycles. The van der Waals surface area contributed by atoms with Gasteiger partial charge in [-0.2, -0.15) is 0 Å². The number of hydrogen-bond acceptors (Lipinski definition) is 3. The van der Waals surface area contributed by atoms with E-state index in [-0.39, 0.29) is 12.2 Å². The molecule has 2 amide bonds. The van der Waals surface area contributed by atoms with Gasteiger partial charge in [0.15, 0.2) is 0 Å². The molecule has 0 aliphatic heterocycles. The zero-order chi connectivity index (χ0) is 15.3. The first-order valence-electron chi connectivity index (χ1n) is 6.01. The van der Waals surface area contributed by atoms with Crippen LogP contribution in [0, 0.1) is 5.82 Å². The standard InChI is InChI=1S/C13H16BrFN2O3/c1-8(18)5-6-17(2)13(20)12(19)16-11-4-3-9(14)7-10(11)15/h3-4,7-8,18H,5-6H2,1-2H3,(H,16,19). The van der Waals surface area contributed by atoms with Crippen molar-refractivity contribution < 1.29 is 19.1 Å². The molecule has 1 unspecified atom stereocenters. The van der Waals surface area contributed by atoms with E-state index in [1.807, 2.05) is 0 Å². The molecule has 0 radical (unpaired) electrons. The molecule has 0 heterocycles. The van der Waals surface area contributed by atoms with Crippen molar-refractivity contribution in [1.29, 1.82) is 0 Å². The number of aliphatic hydroxyl groups excluding tert-OH is 1. The quantitative estimate of drug-likeness (QED) is 0.816. The maximum atomic E-state index is 13.5. The maximum absolute atomic E-state index is 13.5. The van der Waals surface area contributed by atoms with E-state index in [2.05, 4.69) is 21.2 Å². The monoisotopic (exact) mass is 346 g/mol. The van der Waals surface area contributed by atoms with Gasteiger partial charge in [0, 0.05) is 18.1 Å². The van der Waals surface area contributed by atoms with Crippen molar-refractivity contribution in [3.8, 4) is 0 Å². The Labute approximate surface area is 124 Å². The number of nitrogens with one attached hydrogen (secondary N) is 1. The minimum absolute atomic E-state index is 0.0597. The van der Waals surface area contributed by atoms with E-state index in [1.54, 1.807) is 13.0 Å². The summed E-state index contributed by atoms with van der Waals surface area (Å²) in [7, 11) is 1.45. The summed E-state index contributed by atoms with van der Waals surface area (Å²) in [5, 5.41) is 11.3. The fraction of sp³-hybridized carbons (Fsp3) is 0.385. The van der Waals surface area contributed by atoms with Gasteiger partial charge >= 0.3 is 11.8 Å². The molecule has 7 heteroatoms. The SMILES string of the molecule is CC(O)CCN(C)C(=O)C(=O)Nc1ccc(Br)cc1F. The van der Waals surface area contributed by atoms with E-state index < -0.39 is 23.7 Å². The Hall–Kier alpha value is -1.47. The Kier molecular flexibility index (Phi) is 6.09. The van der Waals surface area contributed by atoms with Gasteiger partial charge in [-0.25, -0.2) is 4.39 Å². The summed E-state index contributed by atoms with van der Waals surface area (Å²) >= 11 is 3.10. The lowest BCUT2D eigenvalue weighted by atomic mass is 10.2. The van der Waals surface area contributed by atoms with Crippen LogP contribution in [0.1, 0.15) is 13.3 Å². The van der Waals surface area contributed by atoms with Gasteiger partial charge in [0.1, 0.15) is 5.82 Å². The second-order valence-electron chi connectivity index (χ2n) is 4.44. The Morgan fingerprint density at radius 1 is 1.50 bits per heavy atom. The average Bonchev–Trinajstić information content (AvgIpc) is 2.38. The van der Waals surface area contributed by atoms with Crippen LogP contribution < -0.4 is 5.32 Å². The van der Waals surface area contributed by atoms with Crippen LogP contribution in [-0.2, 0) is 9.59 Å². The third-order valence-corrected chi connectivity index (χ3v) is 3.10. The van der Waals surface area contributed by atoms with Crippen molar-refractivity contribution in [1.82, 2.24) is 4.90 Å². The van der Waals surface area contributed by atoms with Crippen LogP contribution >= 0.6 is 15.9 Å². The van der Waals surface area contributed by atoms with Gasteiger partial charge in [-0.05, 0) is 31.5 Å². The Bertz CT molecular complexity index is 508. The molecule has 2 N–H and O–H groups in total. The van der Waals surface area contributed by atoms with E-state index in [9.17, 15) is 14.0 Å². The van der Waals surface area contributed by atoms with Gasteiger partial charge in [-0.3, -0.25) is 9.59 Å². The highest BCUT2D eigenvalue weighted by Crippen LogP contribution is 2.19. The Balaban J connectivity index is 2.63. The van der Waals surface area contributed by atoms with Gasteiger partial charge in [-0.15, -0.1) is 0 Å². The molecular weight excluding hydrogens is 331 g/mol. The van der Waals surface area contributed by atoms with Crippen LogP contribution in [0.3, 0.4) is 0 Å². The van der Waals surface area contributed by atoms with E-state index in [0.717, 1.165) is 0 Å². The fourth-order valence-corrected chi connectivity index (χ4v) is 1.76. The van der Waals surface area contributed by atoms with Crippen molar-refractivity contribution in [2.45, 2.75) is 19.4 Å². The van der Waals surface area contributed by atoms with Crippen LogP contribution in [0.5, 0.6) is 0 Å². The predicted octanol–water partition coefficient (Wildman–Crippen LogP) is 1.76. The molecule has 1 atom stereocenters. The third kappa shape index (κ3) is 4.90. The number of halogens is 2. The number of anilines is 1. The number of benzene rings is 1. The summed E-state index contributed by atoms with van der Waals surface area (Å²) in [6.45, 7) is 1.84. The fourth-order valence-electron chi connectivity index (χ4n) is 1.42. The first-order valence-corrected chi connectivity index (χ1v) is 6.80. The molecule has 110 valence electrons. The number of carbonyl (C=O) groups is 2. The summed E-state index contributed by atoms with van der Waals surface area (Å²) in [6, 6.07) is 4.11. The molecular formula is C13H16BrFN2O3. The predicted molar refractivity (Wildman–Crippen MR) is 76.7 cm³/mol. The maximum Gasteiger partial charge on any atom is 0.313 e. The summed E-state index contributed by atoms with van der Waals surface area (Å²) in [4.78, 5) is 24.6. The van der Waals surface area contributed by atoms with E-state index in [0.29, 0.717) is 10.9 Å². The molecule has 5 nitrogen and oxygen atoms in total. The molecule has 0 aromatic heterocycles. The second-order valence-corrected chi connectivity index (χ2v) is 5.36. The molecule has 0 saturated heterocycles. The van der Waals surface area contributed by atoms with Crippen molar-refractivity contribution in [3.63, 3.8) is 0 Å². The normalized spacial score (nSPS) is 11.8. The number of likely N-dealkylation sites (N-methyl/N-ethyl adjacent to an activating group) is 1. The van der Waals surface area contributed by atoms with Gasteiger partial charge < -0.3 is 15.3 Å². The summed E-state index contributed by atoms with van der Waals surface area (Å²) in [6.07, 6.45) is -0.195. The zero-order valence-corrected chi connectivity index (χ0v) is 12.8. The average molecular weight is 347 g/mol. The summed E-state index contributed by atoms with van der Waals surface area (Å²) in [5.74, 6) is -2.33. The molecule has 0 spiro atoms. The number of hydrogen-bond donors (Lipinski definition) is 2.